The number of carboxylic acids is 1. The Morgan fingerprint density at radius 1 is 1.13 bits per heavy atom. The first-order chi connectivity index (χ1) is 14.5. The predicted octanol–water partition coefficient (Wildman–Crippen LogP) is 2.90. The van der Waals surface area contributed by atoms with Crippen molar-refractivity contribution >= 4 is 29.7 Å². The maximum atomic E-state index is 12.6. The summed E-state index contributed by atoms with van der Waals surface area (Å²) in [6.45, 7) is 1.68. The minimum atomic E-state index is -1.04. The predicted molar refractivity (Wildman–Crippen MR) is 113 cm³/mol. The second-order valence-electron chi connectivity index (χ2n) is 7.35. The third-order valence-corrected chi connectivity index (χ3v) is 6.51. The highest BCUT2D eigenvalue weighted by molar-refractivity contribution is 7.99. The van der Waals surface area contributed by atoms with E-state index < -0.39 is 30.1 Å². The number of hydrogen-bond acceptors (Lipinski definition) is 5. The van der Waals surface area contributed by atoms with E-state index in [1.165, 1.54) is 23.6 Å². The zero-order valence-electron chi connectivity index (χ0n) is 16.4. The smallest absolute Gasteiger partial charge is 0.407 e. The number of alkyl carbamates (subject to hydrolysis) is 1. The van der Waals surface area contributed by atoms with Crippen molar-refractivity contribution in [3.63, 3.8) is 0 Å². The molecule has 1 aliphatic heterocycles. The molecular weight excluding hydrogens is 404 g/mol. The van der Waals surface area contributed by atoms with Crippen molar-refractivity contribution in [1.29, 1.82) is 0 Å². The van der Waals surface area contributed by atoms with Crippen LogP contribution < -0.4 is 5.32 Å². The van der Waals surface area contributed by atoms with Gasteiger partial charge in [-0.1, -0.05) is 48.5 Å². The van der Waals surface area contributed by atoms with Gasteiger partial charge in [-0.25, -0.2) is 9.59 Å². The number of carboxylic acid groups (broad SMARTS) is 1. The van der Waals surface area contributed by atoms with Gasteiger partial charge < -0.3 is 20.1 Å². The molecule has 0 spiro atoms. The number of rotatable bonds is 5. The highest BCUT2D eigenvalue weighted by atomic mass is 32.2. The molecule has 2 aliphatic rings. The number of nitrogens with one attached hydrogen (secondary N) is 1. The molecule has 1 aliphatic carbocycles. The lowest BCUT2D eigenvalue weighted by molar-refractivity contribution is -0.148. The van der Waals surface area contributed by atoms with Crippen molar-refractivity contribution in [2.75, 3.05) is 18.2 Å². The van der Waals surface area contributed by atoms with Crippen molar-refractivity contribution in [1.82, 2.24) is 10.2 Å². The molecule has 1 fully saturated rings. The summed E-state index contributed by atoms with van der Waals surface area (Å²) in [4.78, 5) is 37.5. The van der Waals surface area contributed by atoms with Crippen LogP contribution in [0.15, 0.2) is 48.5 Å². The Morgan fingerprint density at radius 2 is 1.73 bits per heavy atom. The zero-order chi connectivity index (χ0) is 21.3. The normalized spacial score (nSPS) is 18.4. The van der Waals surface area contributed by atoms with Gasteiger partial charge >= 0.3 is 12.1 Å². The van der Waals surface area contributed by atoms with Crippen LogP contribution in [0.25, 0.3) is 11.1 Å². The lowest BCUT2D eigenvalue weighted by Crippen LogP contribution is -2.51. The van der Waals surface area contributed by atoms with E-state index in [-0.39, 0.29) is 12.5 Å². The SMILES string of the molecule is C[C@H](NC(=O)OCC1c2ccccc2-c2ccccc21)C(=O)N1CSC[C@H]1C(=O)O. The molecule has 0 bridgehead atoms. The summed E-state index contributed by atoms with van der Waals surface area (Å²) < 4.78 is 5.46. The number of hydrogen-bond donors (Lipinski definition) is 2. The topological polar surface area (TPSA) is 95.9 Å². The fraction of sp³-hybridized carbons (Fsp3) is 0.318. The van der Waals surface area contributed by atoms with Crippen LogP contribution >= 0.6 is 11.8 Å². The van der Waals surface area contributed by atoms with Crippen molar-refractivity contribution in [3.05, 3.63) is 59.7 Å². The molecule has 8 heteroatoms. The van der Waals surface area contributed by atoms with Gasteiger partial charge in [-0.3, -0.25) is 4.79 Å². The minimum absolute atomic E-state index is 0.0690. The summed E-state index contributed by atoms with van der Waals surface area (Å²) in [6, 6.07) is 14.3. The van der Waals surface area contributed by atoms with Crippen molar-refractivity contribution < 1.29 is 24.2 Å². The Kier molecular flexibility index (Phi) is 5.67. The molecule has 0 radical (unpaired) electrons. The molecule has 0 saturated carbocycles. The third kappa shape index (κ3) is 3.75. The molecule has 7 nitrogen and oxygen atoms in total. The summed E-state index contributed by atoms with van der Waals surface area (Å²) in [5.41, 5.74) is 4.48. The Bertz CT molecular complexity index is 949. The van der Waals surface area contributed by atoms with Gasteiger partial charge in [0.1, 0.15) is 18.7 Å². The van der Waals surface area contributed by atoms with E-state index >= 15 is 0 Å². The first kappa shape index (κ1) is 20.3. The van der Waals surface area contributed by atoms with Crippen LogP contribution in [0.5, 0.6) is 0 Å². The Hall–Kier alpha value is -3.00. The largest absolute Gasteiger partial charge is 0.480 e. The van der Waals surface area contributed by atoms with Gasteiger partial charge in [0.15, 0.2) is 0 Å². The maximum Gasteiger partial charge on any atom is 0.407 e. The van der Waals surface area contributed by atoms with Gasteiger partial charge in [-0.15, -0.1) is 11.8 Å². The average molecular weight is 426 g/mol. The summed E-state index contributed by atoms with van der Waals surface area (Å²) >= 11 is 1.38. The standard InChI is InChI=1S/C22H22N2O5S/c1-13(20(25)24-12-30-11-19(24)21(26)27)23-22(28)29-10-18-16-8-4-2-6-14(16)15-7-3-5-9-17(15)18/h2-9,13,18-19H,10-12H2,1H3,(H,23,28)(H,26,27)/t13-,19-/m0/s1. The number of amides is 2. The number of benzene rings is 2. The molecule has 2 aromatic rings. The van der Waals surface area contributed by atoms with E-state index in [1.807, 2.05) is 36.4 Å². The molecule has 0 unspecified atom stereocenters. The fourth-order valence-corrected chi connectivity index (χ4v) is 5.15. The van der Waals surface area contributed by atoms with Crippen LogP contribution in [-0.2, 0) is 14.3 Å². The van der Waals surface area contributed by atoms with Gasteiger partial charge in [-0.05, 0) is 29.2 Å². The van der Waals surface area contributed by atoms with E-state index in [0.29, 0.717) is 11.6 Å². The Balaban J connectivity index is 1.38. The van der Waals surface area contributed by atoms with Crippen molar-refractivity contribution in [2.24, 2.45) is 0 Å². The van der Waals surface area contributed by atoms with E-state index in [1.54, 1.807) is 0 Å². The number of ether oxygens (including phenoxy) is 1. The van der Waals surface area contributed by atoms with Crippen LogP contribution in [0.1, 0.15) is 24.0 Å². The van der Waals surface area contributed by atoms with E-state index in [4.69, 9.17) is 4.74 Å². The molecule has 1 heterocycles. The number of thioether (sulfide) groups is 1. The highest BCUT2D eigenvalue weighted by Gasteiger charge is 2.37. The first-order valence-corrected chi connectivity index (χ1v) is 10.9. The first-order valence-electron chi connectivity index (χ1n) is 9.70. The minimum Gasteiger partial charge on any atom is -0.480 e. The molecule has 30 heavy (non-hydrogen) atoms. The van der Waals surface area contributed by atoms with Crippen LogP contribution in [0, 0.1) is 0 Å². The Labute approximate surface area is 178 Å². The van der Waals surface area contributed by atoms with Crippen molar-refractivity contribution in [2.45, 2.75) is 24.9 Å². The van der Waals surface area contributed by atoms with E-state index in [2.05, 4.69) is 17.4 Å². The Morgan fingerprint density at radius 3 is 2.33 bits per heavy atom. The number of carbonyl (C=O) groups is 3. The van der Waals surface area contributed by atoms with Crippen molar-refractivity contribution in [3.8, 4) is 11.1 Å². The van der Waals surface area contributed by atoms with E-state index in [0.717, 1.165) is 22.3 Å². The molecule has 156 valence electrons. The molecule has 1 saturated heterocycles. The van der Waals surface area contributed by atoms with Gasteiger partial charge in [0, 0.05) is 11.7 Å². The molecule has 2 atom stereocenters. The fourth-order valence-electron chi connectivity index (χ4n) is 3.99. The van der Waals surface area contributed by atoms with Crippen LogP contribution in [0.2, 0.25) is 0 Å². The monoisotopic (exact) mass is 426 g/mol. The van der Waals surface area contributed by atoms with Gasteiger partial charge in [-0.2, -0.15) is 0 Å². The van der Waals surface area contributed by atoms with Gasteiger partial charge in [0.05, 0.1) is 5.88 Å². The van der Waals surface area contributed by atoms with Crippen LogP contribution in [0.4, 0.5) is 4.79 Å². The number of nitrogens with zero attached hydrogens (tertiary/aromatic N) is 1. The second-order valence-corrected chi connectivity index (χ2v) is 8.35. The molecule has 0 aromatic heterocycles. The molecule has 4 rings (SSSR count). The number of aliphatic carboxylic acids is 1. The number of carbonyl (C=O) groups excluding carboxylic acids is 2. The lowest BCUT2D eigenvalue weighted by Gasteiger charge is -2.24. The molecule has 2 amide bonds. The molecule has 2 aromatic carbocycles. The van der Waals surface area contributed by atoms with Gasteiger partial charge in [0.25, 0.3) is 0 Å². The average Bonchev–Trinajstić information content (AvgIpc) is 3.35. The maximum absolute atomic E-state index is 12.6. The third-order valence-electron chi connectivity index (χ3n) is 5.50. The van der Waals surface area contributed by atoms with Crippen LogP contribution in [-0.4, -0.2) is 58.3 Å². The highest BCUT2D eigenvalue weighted by Crippen LogP contribution is 2.44. The number of fused-ring (bicyclic) bond motifs is 3. The molecular formula is C22H22N2O5S. The summed E-state index contributed by atoms with van der Waals surface area (Å²) in [5.74, 6) is -0.895. The quantitative estimate of drug-likeness (QED) is 0.763. The van der Waals surface area contributed by atoms with Gasteiger partial charge in [0.2, 0.25) is 5.91 Å². The summed E-state index contributed by atoms with van der Waals surface area (Å²) in [6.07, 6.45) is -0.698. The molecule has 2 N–H and O–H groups in total. The lowest BCUT2D eigenvalue weighted by atomic mass is 9.98. The summed E-state index contributed by atoms with van der Waals surface area (Å²) in [7, 11) is 0. The second kappa shape index (κ2) is 8.39. The summed E-state index contributed by atoms with van der Waals surface area (Å²) in [5, 5.41) is 11.8. The van der Waals surface area contributed by atoms with E-state index in [9.17, 15) is 19.5 Å². The zero-order valence-corrected chi connectivity index (χ0v) is 17.2. The van der Waals surface area contributed by atoms with Crippen LogP contribution in [0.3, 0.4) is 0 Å².